The van der Waals surface area contributed by atoms with Crippen molar-refractivity contribution in [2.24, 2.45) is 0 Å². The molecule has 0 spiro atoms. The van der Waals surface area contributed by atoms with Gasteiger partial charge in [0.2, 0.25) is 5.91 Å². The molecule has 1 amide bonds. The van der Waals surface area contributed by atoms with Gasteiger partial charge in [0.05, 0.1) is 14.2 Å². The van der Waals surface area contributed by atoms with E-state index < -0.39 is 0 Å². The van der Waals surface area contributed by atoms with E-state index in [4.69, 9.17) is 9.47 Å². The summed E-state index contributed by atoms with van der Waals surface area (Å²) in [4.78, 5) is 13.1. The van der Waals surface area contributed by atoms with Gasteiger partial charge in [-0.15, -0.1) is 11.8 Å². The molecule has 0 saturated heterocycles. The molecule has 5 heteroatoms. The minimum atomic E-state index is 0.0329. The monoisotopic (exact) mass is 331 g/mol. The molecule has 0 fully saturated rings. The summed E-state index contributed by atoms with van der Waals surface area (Å²) in [6, 6.07) is 15.3. The number of ether oxygens (including phenoxy) is 2. The molecule has 0 aliphatic carbocycles. The number of thioether (sulfide) groups is 1. The number of methoxy groups -OCH3 is 2. The van der Waals surface area contributed by atoms with Crippen LogP contribution < -0.4 is 14.8 Å². The highest BCUT2D eigenvalue weighted by molar-refractivity contribution is 7.99. The zero-order valence-corrected chi connectivity index (χ0v) is 14.2. The molecule has 0 radical (unpaired) electrons. The summed E-state index contributed by atoms with van der Waals surface area (Å²) in [7, 11) is 3.28. The van der Waals surface area contributed by atoms with E-state index in [1.54, 1.807) is 26.0 Å². The standard InChI is InChI=1S/C18H21NO3S/c1-21-15-7-5-14(6-8-15)19-18(20)4-3-13-23-17-11-9-16(22-2)10-12-17/h5-12H,3-4,13H2,1-2H3,(H,19,20). The van der Waals surface area contributed by atoms with Crippen LogP contribution in [0.4, 0.5) is 5.69 Å². The smallest absolute Gasteiger partial charge is 0.224 e. The maximum absolute atomic E-state index is 11.9. The van der Waals surface area contributed by atoms with Gasteiger partial charge in [-0.25, -0.2) is 0 Å². The summed E-state index contributed by atoms with van der Waals surface area (Å²) >= 11 is 1.74. The van der Waals surface area contributed by atoms with Gasteiger partial charge in [0.25, 0.3) is 0 Å². The quantitative estimate of drug-likeness (QED) is 0.581. The lowest BCUT2D eigenvalue weighted by molar-refractivity contribution is -0.116. The molecular formula is C18H21NO3S. The van der Waals surface area contributed by atoms with Gasteiger partial charge >= 0.3 is 0 Å². The van der Waals surface area contributed by atoms with Crippen LogP contribution in [0.25, 0.3) is 0 Å². The summed E-state index contributed by atoms with van der Waals surface area (Å²) in [5.74, 6) is 2.57. The number of carbonyl (C=O) groups is 1. The normalized spacial score (nSPS) is 10.2. The Balaban J connectivity index is 1.67. The van der Waals surface area contributed by atoms with Crippen LogP contribution in [0.1, 0.15) is 12.8 Å². The zero-order chi connectivity index (χ0) is 16.5. The number of amides is 1. The topological polar surface area (TPSA) is 47.6 Å². The minimum Gasteiger partial charge on any atom is -0.497 e. The van der Waals surface area contributed by atoms with Gasteiger partial charge in [-0.2, -0.15) is 0 Å². The number of nitrogens with one attached hydrogen (secondary N) is 1. The first-order valence-corrected chi connectivity index (χ1v) is 8.40. The van der Waals surface area contributed by atoms with Crippen molar-refractivity contribution in [3.63, 3.8) is 0 Å². The third kappa shape index (κ3) is 5.87. The van der Waals surface area contributed by atoms with E-state index in [1.165, 1.54) is 4.90 Å². The van der Waals surface area contributed by atoms with E-state index in [-0.39, 0.29) is 5.91 Å². The maximum Gasteiger partial charge on any atom is 0.224 e. The van der Waals surface area contributed by atoms with Crippen LogP contribution in [0.15, 0.2) is 53.4 Å². The van der Waals surface area contributed by atoms with Crippen LogP contribution in [0, 0.1) is 0 Å². The first-order chi connectivity index (χ1) is 11.2. The third-order valence-electron chi connectivity index (χ3n) is 3.25. The largest absolute Gasteiger partial charge is 0.497 e. The van der Waals surface area contributed by atoms with Gasteiger partial charge in [0.15, 0.2) is 0 Å². The van der Waals surface area contributed by atoms with E-state index >= 15 is 0 Å². The number of rotatable bonds is 8. The fourth-order valence-electron chi connectivity index (χ4n) is 1.99. The second-order valence-corrected chi connectivity index (χ2v) is 6.07. The Hall–Kier alpha value is -2.14. The SMILES string of the molecule is COc1ccc(NC(=O)CCCSc2ccc(OC)cc2)cc1. The van der Waals surface area contributed by atoms with Crippen LogP contribution in [0.2, 0.25) is 0 Å². The highest BCUT2D eigenvalue weighted by atomic mass is 32.2. The molecule has 2 rings (SSSR count). The average molecular weight is 331 g/mol. The molecule has 0 aromatic heterocycles. The highest BCUT2D eigenvalue weighted by Crippen LogP contribution is 2.22. The first kappa shape index (κ1) is 17.2. The molecule has 2 aromatic carbocycles. The Morgan fingerprint density at radius 3 is 2.09 bits per heavy atom. The van der Waals surface area contributed by atoms with Gasteiger partial charge in [-0.05, 0) is 60.7 Å². The molecular weight excluding hydrogens is 310 g/mol. The second kappa shape index (κ2) is 9.10. The van der Waals surface area contributed by atoms with E-state index in [1.807, 2.05) is 48.5 Å². The number of anilines is 1. The maximum atomic E-state index is 11.9. The molecule has 0 unspecified atom stereocenters. The Bertz CT molecular complexity index is 611. The van der Waals surface area contributed by atoms with E-state index in [9.17, 15) is 4.79 Å². The minimum absolute atomic E-state index is 0.0329. The van der Waals surface area contributed by atoms with E-state index in [2.05, 4.69) is 5.32 Å². The molecule has 4 nitrogen and oxygen atoms in total. The van der Waals surface area contributed by atoms with E-state index in [0.29, 0.717) is 6.42 Å². The molecule has 1 N–H and O–H groups in total. The summed E-state index contributed by atoms with van der Waals surface area (Å²) in [6.07, 6.45) is 1.34. The van der Waals surface area contributed by atoms with Crippen LogP contribution in [0.5, 0.6) is 11.5 Å². The van der Waals surface area contributed by atoms with Gasteiger partial charge in [0.1, 0.15) is 11.5 Å². The summed E-state index contributed by atoms with van der Waals surface area (Å²) in [5.41, 5.74) is 0.790. The lowest BCUT2D eigenvalue weighted by atomic mass is 10.2. The predicted octanol–water partition coefficient (Wildman–Crippen LogP) is 4.21. The summed E-state index contributed by atoms with van der Waals surface area (Å²) in [5, 5.41) is 2.89. The number of hydrogen-bond donors (Lipinski definition) is 1. The van der Waals surface area contributed by atoms with Crippen molar-refractivity contribution in [1.82, 2.24) is 0 Å². The summed E-state index contributed by atoms with van der Waals surface area (Å²) < 4.78 is 10.2. The third-order valence-corrected chi connectivity index (χ3v) is 4.35. The first-order valence-electron chi connectivity index (χ1n) is 7.42. The molecule has 0 aliphatic heterocycles. The highest BCUT2D eigenvalue weighted by Gasteiger charge is 2.03. The molecule has 0 aliphatic rings. The van der Waals surface area contributed by atoms with Crippen LogP contribution in [-0.2, 0) is 4.79 Å². The Kier molecular flexibility index (Phi) is 6.81. The predicted molar refractivity (Wildman–Crippen MR) is 94.6 cm³/mol. The van der Waals surface area contributed by atoms with Gasteiger partial charge in [-0.1, -0.05) is 0 Å². The molecule has 0 saturated carbocycles. The van der Waals surface area contributed by atoms with Crippen molar-refractivity contribution in [1.29, 1.82) is 0 Å². The van der Waals surface area contributed by atoms with Crippen molar-refractivity contribution >= 4 is 23.4 Å². The van der Waals surface area contributed by atoms with Gasteiger partial charge in [-0.3, -0.25) is 4.79 Å². The Labute approximate surface area is 141 Å². The van der Waals surface area contributed by atoms with Crippen molar-refractivity contribution in [2.75, 3.05) is 25.3 Å². The molecule has 0 heterocycles. The van der Waals surface area contributed by atoms with Crippen molar-refractivity contribution < 1.29 is 14.3 Å². The van der Waals surface area contributed by atoms with Crippen molar-refractivity contribution in [3.8, 4) is 11.5 Å². The fraction of sp³-hybridized carbons (Fsp3) is 0.278. The van der Waals surface area contributed by atoms with Crippen LogP contribution in [-0.4, -0.2) is 25.9 Å². The molecule has 122 valence electrons. The van der Waals surface area contributed by atoms with Gasteiger partial charge < -0.3 is 14.8 Å². The lowest BCUT2D eigenvalue weighted by Gasteiger charge is -2.06. The molecule has 0 bridgehead atoms. The van der Waals surface area contributed by atoms with Crippen molar-refractivity contribution in [3.05, 3.63) is 48.5 Å². The molecule has 23 heavy (non-hydrogen) atoms. The lowest BCUT2D eigenvalue weighted by Crippen LogP contribution is -2.11. The number of hydrogen-bond acceptors (Lipinski definition) is 4. The van der Waals surface area contributed by atoms with Crippen LogP contribution in [0.3, 0.4) is 0 Å². The van der Waals surface area contributed by atoms with E-state index in [0.717, 1.165) is 29.4 Å². The number of carbonyl (C=O) groups excluding carboxylic acids is 1. The molecule has 0 atom stereocenters. The number of benzene rings is 2. The Morgan fingerprint density at radius 1 is 0.957 bits per heavy atom. The fourth-order valence-corrected chi connectivity index (χ4v) is 2.85. The zero-order valence-electron chi connectivity index (χ0n) is 13.4. The molecule has 2 aromatic rings. The second-order valence-electron chi connectivity index (χ2n) is 4.90. The Morgan fingerprint density at radius 2 is 1.52 bits per heavy atom. The van der Waals surface area contributed by atoms with Crippen molar-refractivity contribution in [2.45, 2.75) is 17.7 Å². The average Bonchev–Trinajstić information content (AvgIpc) is 2.60. The summed E-state index contributed by atoms with van der Waals surface area (Å²) in [6.45, 7) is 0. The van der Waals surface area contributed by atoms with Gasteiger partial charge in [0, 0.05) is 17.0 Å². The van der Waals surface area contributed by atoms with Crippen LogP contribution >= 0.6 is 11.8 Å².